The van der Waals surface area contributed by atoms with E-state index in [-0.39, 0.29) is 11.8 Å². The molecule has 4 nitrogen and oxygen atoms in total. The quantitative estimate of drug-likeness (QED) is 0.671. The molecule has 0 atom stereocenters. The zero-order valence-corrected chi connectivity index (χ0v) is 12.3. The fraction of sp³-hybridized carbons (Fsp3) is 0.529. The number of carbonyl (C=O) groups excluding carboxylic acids is 2. The number of para-hydroxylation sites is 1. The Morgan fingerprint density at radius 2 is 1.71 bits per heavy atom. The summed E-state index contributed by atoms with van der Waals surface area (Å²) in [5.74, 6) is -0.0113. The molecule has 0 aromatic heterocycles. The number of carbonyl (C=O) groups is 2. The van der Waals surface area contributed by atoms with Crippen molar-refractivity contribution in [3.8, 4) is 0 Å². The van der Waals surface area contributed by atoms with Crippen LogP contribution in [0, 0.1) is 5.41 Å². The first-order valence-corrected chi connectivity index (χ1v) is 7.81. The van der Waals surface area contributed by atoms with E-state index in [1.807, 2.05) is 24.3 Å². The maximum Gasteiger partial charge on any atom is 0.236 e. The summed E-state index contributed by atoms with van der Waals surface area (Å²) in [6.45, 7) is 0.312. The lowest BCUT2D eigenvalue weighted by Gasteiger charge is -2.25. The van der Waals surface area contributed by atoms with Gasteiger partial charge in [0.1, 0.15) is 0 Å². The maximum atomic E-state index is 12.8. The van der Waals surface area contributed by atoms with Crippen LogP contribution in [0.5, 0.6) is 0 Å². The highest BCUT2D eigenvalue weighted by Crippen LogP contribution is 2.44. The summed E-state index contributed by atoms with van der Waals surface area (Å²) in [5, 5.41) is 0. The largest absolute Gasteiger partial charge is 0.398 e. The first-order valence-electron chi connectivity index (χ1n) is 7.81. The van der Waals surface area contributed by atoms with Crippen molar-refractivity contribution in [2.75, 3.05) is 5.73 Å². The van der Waals surface area contributed by atoms with Crippen LogP contribution >= 0.6 is 0 Å². The van der Waals surface area contributed by atoms with E-state index in [1.54, 1.807) is 0 Å². The Labute approximate surface area is 125 Å². The van der Waals surface area contributed by atoms with Crippen LogP contribution in [0.1, 0.15) is 50.5 Å². The summed E-state index contributed by atoms with van der Waals surface area (Å²) >= 11 is 0. The monoisotopic (exact) mass is 286 g/mol. The van der Waals surface area contributed by atoms with E-state index in [0.29, 0.717) is 18.7 Å². The van der Waals surface area contributed by atoms with Crippen LogP contribution in [0.2, 0.25) is 0 Å². The highest BCUT2D eigenvalue weighted by Gasteiger charge is 2.50. The molecule has 2 fully saturated rings. The summed E-state index contributed by atoms with van der Waals surface area (Å²) in [6.07, 6.45) is 6.57. The Kier molecular flexibility index (Phi) is 3.70. The lowest BCUT2D eigenvalue weighted by molar-refractivity contribution is -0.142. The van der Waals surface area contributed by atoms with E-state index >= 15 is 0 Å². The minimum atomic E-state index is -0.420. The van der Waals surface area contributed by atoms with E-state index < -0.39 is 5.41 Å². The predicted octanol–water partition coefficient (Wildman–Crippen LogP) is 2.87. The third kappa shape index (κ3) is 2.55. The van der Waals surface area contributed by atoms with Crippen LogP contribution in [0.15, 0.2) is 24.3 Å². The molecule has 2 amide bonds. The number of anilines is 1. The molecule has 1 saturated heterocycles. The molecule has 1 saturated carbocycles. The van der Waals surface area contributed by atoms with E-state index in [0.717, 1.165) is 31.2 Å². The average Bonchev–Trinajstić information content (AvgIpc) is 2.64. The summed E-state index contributed by atoms with van der Waals surface area (Å²) in [6, 6.07) is 7.44. The fourth-order valence-electron chi connectivity index (χ4n) is 3.66. The maximum absolute atomic E-state index is 12.8. The second-order valence-electron chi connectivity index (χ2n) is 6.36. The highest BCUT2D eigenvalue weighted by atomic mass is 16.2. The van der Waals surface area contributed by atoms with Crippen molar-refractivity contribution in [3.63, 3.8) is 0 Å². The van der Waals surface area contributed by atoms with Crippen molar-refractivity contribution >= 4 is 17.5 Å². The molecule has 1 heterocycles. The van der Waals surface area contributed by atoms with Crippen LogP contribution in [-0.4, -0.2) is 16.7 Å². The van der Waals surface area contributed by atoms with Gasteiger partial charge in [-0.15, -0.1) is 0 Å². The second-order valence-corrected chi connectivity index (χ2v) is 6.36. The molecule has 21 heavy (non-hydrogen) atoms. The molecule has 2 N–H and O–H groups in total. The number of hydrogen-bond donors (Lipinski definition) is 1. The molecule has 1 aromatic rings. The summed E-state index contributed by atoms with van der Waals surface area (Å²) < 4.78 is 0. The topological polar surface area (TPSA) is 63.4 Å². The molecule has 1 aliphatic heterocycles. The van der Waals surface area contributed by atoms with Crippen LogP contribution in [-0.2, 0) is 16.1 Å². The number of amides is 2. The van der Waals surface area contributed by atoms with Gasteiger partial charge in [-0.05, 0) is 24.5 Å². The molecule has 0 radical (unpaired) electrons. The van der Waals surface area contributed by atoms with Crippen LogP contribution < -0.4 is 5.73 Å². The third-order valence-electron chi connectivity index (χ3n) is 4.93. The van der Waals surface area contributed by atoms with E-state index in [4.69, 9.17) is 5.73 Å². The van der Waals surface area contributed by atoms with Crippen molar-refractivity contribution in [1.82, 2.24) is 4.90 Å². The normalized spacial score (nSPS) is 21.8. The molecule has 0 bridgehead atoms. The molecule has 4 heteroatoms. The van der Waals surface area contributed by atoms with Gasteiger partial charge in [-0.25, -0.2) is 0 Å². The van der Waals surface area contributed by atoms with Gasteiger partial charge in [0, 0.05) is 12.1 Å². The van der Waals surface area contributed by atoms with Gasteiger partial charge < -0.3 is 5.73 Å². The van der Waals surface area contributed by atoms with E-state index in [2.05, 4.69) is 0 Å². The standard InChI is InChI=1S/C17H22N2O2/c18-14-8-4-3-7-13(14)12-19-15(20)11-17(16(19)21)9-5-1-2-6-10-17/h3-4,7-8H,1-2,5-6,9-12,18H2. The van der Waals surface area contributed by atoms with Gasteiger partial charge >= 0.3 is 0 Å². The van der Waals surface area contributed by atoms with Crippen LogP contribution in [0.25, 0.3) is 0 Å². The lowest BCUT2D eigenvalue weighted by Crippen LogP contribution is -2.35. The minimum absolute atomic E-state index is 0.0256. The van der Waals surface area contributed by atoms with Crippen molar-refractivity contribution in [1.29, 1.82) is 0 Å². The zero-order valence-electron chi connectivity index (χ0n) is 12.3. The molecule has 1 aliphatic carbocycles. The minimum Gasteiger partial charge on any atom is -0.398 e. The number of hydrogen-bond acceptors (Lipinski definition) is 3. The molecular weight excluding hydrogens is 264 g/mol. The molecule has 1 aromatic carbocycles. The molecular formula is C17H22N2O2. The number of rotatable bonds is 2. The van der Waals surface area contributed by atoms with Gasteiger partial charge in [0.05, 0.1) is 12.0 Å². The number of benzene rings is 1. The Morgan fingerprint density at radius 1 is 1.05 bits per heavy atom. The van der Waals surface area contributed by atoms with Gasteiger partial charge in [-0.2, -0.15) is 0 Å². The molecule has 0 unspecified atom stereocenters. The Hall–Kier alpha value is -1.84. The number of nitrogens with zero attached hydrogens (tertiary/aromatic N) is 1. The number of likely N-dealkylation sites (tertiary alicyclic amines) is 1. The second kappa shape index (κ2) is 5.51. The molecule has 1 spiro atoms. The molecule has 2 aliphatic rings. The van der Waals surface area contributed by atoms with Crippen molar-refractivity contribution in [2.24, 2.45) is 5.41 Å². The summed E-state index contributed by atoms with van der Waals surface area (Å²) in [5.41, 5.74) is 7.01. The Balaban J connectivity index is 1.82. The molecule has 3 rings (SSSR count). The van der Waals surface area contributed by atoms with Gasteiger partial charge in [-0.3, -0.25) is 14.5 Å². The van der Waals surface area contributed by atoms with Crippen molar-refractivity contribution < 1.29 is 9.59 Å². The van der Waals surface area contributed by atoms with E-state index in [1.165, 1.54) is 17.7 Å². The summed E-state index contributed by atoms with van der Waals surface area (Å²) in [4.78, 5) is 26.6. The first kappa shape index (κ1) is 14.1. The number of nitrogens with two attached hydrogens (primary N) is 1. The molecule has 112 valence electrons. The summed E-state index contributed by atoms with van der Waals surface area (Å²) in [7, 11) is 0. The van der Waals surface area contributed by atoms with Gasteiger partial charge in [-0.1, -0.05) is 43.9 Å². The van der Waals surface area contributed by atoms with Crippen LogP contribution in [0.3, 0.4) is 0 Å². The van der Waals surface area contributed by atoms with Gasteiger partial charge in [0.15, 0.2) is 0 Å². The number of imide groups is 1. The van der Waals surface area contributed by atoms with Gasteiger partial charge in [0.2, 0.25) is 11.8 Å². The smallest absolute Gasteiger partial charge is 0.236 e. The number of nitrogen functional groups attached to an aromatic ring is 1. The SMILES string of the molecule is Nc1ccccc1CN1C(=O)CC2(CCCCCC2)C1=O. The van der Waals surface area contributed by atoms with Crippen LogP contribution in [0.4, 0.5) is 5.69 Å². The average molecular weight is 286 g/mol. The lowest BCUT2D eigenvalue weighted by atomic mass is 9.79. The third-order valence-corrected chi connectivity index (χ3v) is 4.93. The Bertz CT molecular complexity index is 560. The fourth-order valence-corrected chi connectivity index (χ4v) is 3.66. The first-order chi connectivity index (χ1) is 10.1. The van der Waals surface area contributed by atoms with Gasteiger partial charge in [0.25, 0.3) is 0 Å². The van der Waals surface area contributed by atoms with E-state index in [9.17, 15) is 9.59 Å². The highest BCUT2D eigenvalue weighted by molar-refractivity contribution is 6.05. The van der Waals surface area contributed by atoms with Crippen molar-refractivity contribution in [3.05, 3.63) is 29.8 Å². The zero-order chi connectivity index (χ0) is 14.9. The Morgan fingerprint density at radius 3 is 2.38 bits per heavy atom. The van der Waals surface area contributed by atoms with Crippen molar-refractivity contribution in [2.45, 2.75) is 51.5 Å². The predicted molar refractivity (Wildman–Crippen MR) is 81.2 cm³/mol.